The van der Waals surface area contributed by atoms with Gasteiger partial charge in [0.15, 0.2) is 0 Å². The van der Waals surface area contributed by atoms with Crippen molar-refractivity contribution in [2.24, 2.45) is 0 Å². The summed E-state index contributed by atoms with van der Waals surface area (Å²) in [5, 5.41) is -0.466. The maximum absolute atomic E-state index is 13.2. The quantitative estimate of drug-likeness (QED) is 0.469. The lowest BCUT2D eigenvalue weighted by Gasteiger charge is -2.12. The van der Waals surface area contributed by atoms with Gasteiger partial charge >= 0.3 is 0 Å². The molecule has 1 aromatic heterocycles. The van der Waals surface area contributed by atoms with Crippen LogP contribution in [0, 0.1) is 11.6 Å². The maximum atomic E-state index is 13.2. The van der Waals surface area contributed by atoms with Crippen LogP contribution in [0.15, 0.2) is 97.3 Å². The summed E-state index contributed by atoms with van der Waals surface area (Å²) in [6.45, 7) is 0. The number of sulfone groups is 2. The van der Waals surface area contributed by atoms with Gasteiger partial charge in [-0.2, -0.15) is 0 Å². The Morgan fingerprint density at radius 3 is 1.58 bits per heavy atom. The van der Waals surface area contributed by atoms with Crippen molar-refractivity contribution in [1.29, 1.82) is 0 Å². The fourth-order valence-corrected chi connectivity index (χ4v) is 6.11. The van der Waals surface area contributed by atoms with Gasteiger partial charge in [0.1, 0.15) is 11.6 Å². The third-order valence-electron chi connectivity index (χ3n) is 4.69. The number of pyridine rings is 1. The Morgan fingerprint density at radius 1 is 0.613 bits per heavy atom. The average Bonchev–Trinajstić information content (AvgIpc) is 2.74. The summed E-state index contributed by atoms with van der Waals surface area (Å²) >= 11 is 0. The molecule has 1 N–H and O–H groups in total. The van der Waals surface area contributed by atoms with E-state index >= 15 is 0 Å². The van der Waals surface area contributed by atoms with Gasteiger partial charge in [-0.15, -0.1) is 0 Å². The zero-order valence-electron chi connectivity index (χ0n) is 15.5. The topological polar surface area (TPSA) is 101 Å². The van der Waals surface area contributed by atoms with Crippen molar-refractivity contribution < 1.29 is 25.6 Å². The van der Waals surface area contributed by atoms with Crippen LogP contribution in [0.5, 0.6) is 0 Å². The molecule has 0 aliphatic carbocycles. The molecule has 0 radical (unpaired) electrons. The molecule has 0 bridgehead atoms. The lowest BCUT2D eigenvalue weighted by atomic mass is 10.2. The summed E-state index contributed by atoms with van der Waals surface area (Å²) in [5.41, 5.74) is -0.811. The average molecular weight is 461 g/mol. The number of rotatable bonds is 4. The molecule has 0 spiro atoms. The smallest absolute Gasteiger partial charge is 0.257 e. The van der Waals surface area contributed by atoms with Crippen LogP contribution >= 0.6 is 0 Å². The molecule has 158 valence electrons. The molecule has 10 heteroatoms. The van der Waals surface area contributed by atoms with Gasteiger partial charge in [0.2, 0.25) is 19.7 Å². The lowest BCUT2D eigenvalue weighted by molar-refractivity contribution is 0.592. The predicted octanol–water partition coefficient (Wildman–Crippen LogP) is 3.47. The van der Waals surface area contributed by atoms with Gasteiger partial charge in [0.25, 0.3) is 5.56 Å². The third kappa shape index (κ3) is 3.53. The summed E-state index contributed by atoms with van der Waals surface area (Å²) in [4.78, 5) is 13.7. The highest BCUT2D eigenvalue weighted by Crippen LogP contribution is 2.33. The zero-order chi connectivity index (χ0) is 22.4. The van der Waals surface area contributed by atoms with Crippen LogP contribution in [0.25, 0.3) is 10.8 Å². The van der Waals surface area contributed by atoms with Gasteiger partial charge < -0.3 is 4.98 Å². The van der Waals surface area contributed by atoms with Crippen molar-refractivity contribution >= 4 is 30.4 Å². The molecule has 31 heavy (non-hydrogen) atoms. The van der Waals surface area contributed by atoms with Gasteiger partial charge in [-0.3, -0.25) is 4.79 Å². The minimum Gasteiger partial charge on any atom is -0.329 e. The van der Waals surface area contributed by atoms with Crippen LogP contribution in [-0.2, 0) is 19.7 Å². The van der Waals surface area contributed by atoms with Crippen LogP contribution in [0.4, 0.5) is 8.78 Å². The molecule has 3 aromatic carbocycles. The highest BCUT2D eigenvalue weighted by Gasteiger charge is 2.27. The third-order valence-corrected chi connectivity index (χ3v) is 8.33. The van der Waals surface area contributed by atoms with Gasteiger partial charge in [-0.25, -0.2) is 25.6 Å². The first-order valence-corrected chi connectivity index (χ1v) is 11.7. The second kappa shape index (κ2) is 7.40. The predicted molar refractivity (Wildman–Crippen MR) is 108 cm³/mol. The number of hydrogen-bond acceptors (Lipinski definition) is 5. The van der Waals surface area contributed by atoms with Crippen molar-refractivity contribution in [3.05, 3.63) is 94.9 Å². The normalized spacial score (nSPS) is 12.2. The standard InChI is InChI=1S/C21H13F2NO5S2/c22-13-1-5-15(6-2-13)30(26,27)18-9-10-19(20-17(18)11-12-24-21(20)25)31(28,29)16-7-3-14(23)4-8-16/h1-12H,(H,24,25). The van der Waals surface area contributed by atoms with E-state index in [9.17, 15) is 30.4 Å². The number of fused-ring (bicyclic) bond motifs is 1. The monoisotopic (exact) mass is 461 g/mol. The minimum absolute atomic E-state index is 0.115. The van der Waals surface area contributed by atoms with Crippen LogP contribution in [0.2, 0.25) is 0 Å². The van der Waals surface area contributed by atoms with Crippen LogP contribution in [0.3, 0.4) is 0 Å². The summed E-state index contributed by atoms with van der Waals surface area (Å²) < 4.78 is 78.9. The summed E-state index contributed by atoms with van der Waals surface area (Å²) in [6, 6.07) is 11.5. The molecule has 0 aliphatic rings. The molecule has 0 aliphatic heterocycles. The number of benzene rings is 3. The van der Waals surface area contributed by atoms with E-state index in [-0.39, 0.29) is 25.5 Å². The van der Waals surface area contributed by atoms with E-state index in [1.807, 2.05) is 0 Å². The second-order valence-electron chi connectivity index (χ2n) is 6.57. The van der Waals surface area contributed by atoms with Crippen molar-refractivity contribution in [3.63, 3.8) is 0 Å². The zero-order valence-corrected chi connectivity index (χ0v) is 17.2. The van der Waals surface area contributed by atoms with Crippen LogP contribution in [-0.4, -0.2) is 21.8 Å². The first-order chi connectivity index (χ1) is 14.6. The van der Waals surface area contributed by atoms with Crippen LogP contribution in [0.1, 0.15) is 0 Å². The Labute approximate surface area is 175 Å². The van der Waals surface area contributed by atoms with Crippen molar-refractivity contribution in [1.82, 2.24) is 4.98 Å². The van der Waals surface area contributed by atoms with Crippen molar-refractivity contribution in [3.8, 4) is 0 Å². The van der Waals surface area contributed by atoms with Crippen molar-refractivity contribution in [2.45, 2.75) is 19.6 Å². The molecule has 0 saturated heterocycles. The number of halogens is 2. The molecule has 6 nitrogen and oxygen atoms in total. The van der Waals surface area contributed by atoms with E-state index < -0.39 is 41.8 Å². The van der Waals surface area contributed by atoms with E-state index in [1.54, 1.807) is 0 Å². The first-order valence-electron chi connectivity index (χ1n) is 8.78. The Hall–Kier alpha value is -3.37. The molecule has 0 amide bonds. The van der Waals surface area contributed by atoms with Gasteiger partial charge in [0.05, 0.1) is 25.0 Å². The summed E-state index contributed by atoms with van der Waals surface area (Å²) in [7, 11) is -8.46. The Kier molecular flexibility index (Phi) is 4.98. The molecular formula is C21H13F2NO5S2. The largest absolute Gasteiger partial charge is 0.329 e. The summed E-state index contributed by atoms with van der Waals surface area (Å²) in [6.07, 6.45) is 1.20. The van der Waals surface area contributed by atoms with E-state index in [0.717, 1.165) is 60.7 Å². The second-order valence-corrected chi connectivity index (χ2v) is 10.4. The summed E-state index contributed by atoms with van der Waals surface area (Å²) in [5.74, 6) is -1.26. The fraction of sp³-hybridized carbons (Fsp3) is 0. The van der Waals surface area contributed by atoms with Gasteiger partial charge in [-0.05, 0) is 66.7 Å². The van der Waals surface area contributed by atoms with Gasteiger partial charge in [-0.1, -0.05) is 0 Å². The SMILES string of the molecule is O=c1[nH]ccc2c(S(=O)(=O)c3ccc(F)cc3)ccc(S(=O)(=O)c3ccc(F)cc3)c12. The van der Waals surface area contributed by atoms with E-state index in [0.29, 0.717) is 0 Å². The molecule has 0 saturated carbocycles. The molecule has 0 atom stereocenters. The number of aromatic nitrogens is 1. The number of H-pyrrole nitrogens is 1. The van der Waals surface area contributed by atoms with E-state index in [2.05, 4.69) is 4.98 Å². The Morgan fingerprint density at radius 2 is 1.06 bits per heavy atom. The molecule has 0 unspecified atom stereocenters. The van der Waals surface area contributed by atoms with E-state index in [1.165, 1.54) is 12.3 Å². The van der Waals surface area contributed by atoms with Gasteiger partial charge in [0, 0.05) is 11.6 Å². The van der Waals surface area contributed by atoms with Crippen molar-refractivity contribution in [2.75, 3.05) is 0 Å². The fourth-order valence-electron chi connectivity index (χ4n) is 3.19. The number of hydrogen-bond donors (Lipinski definition) is 1. The maximum Gasteiger partial charge on any atom is 0.257 e. The molecular weight excluding hydrogens is 448 g/mol. The molecule has 1 heterocycles. The molecule has 4 rings (SSSR count). The van der Waals surface area contributed by atoms with E-state index in [4.69, 9.17) is 0 Å². The number of nitrogens with one attached hydrogen (secondary N) is 1. The minimum atomic E-state index is -4.27. The first kappa shape index (κ1) is 20.9. The Balaban J connectivity index is 2.02. The molecule has 0 fully saturated rings. The number of aromatic amines is 1. The Bertz CT molecular complexity index is 1580. The highest BCUT2D eigenvalue weighted by molar-refractivity contribution is 7.92. The molecule has 4 aromatic rings. The lowest BCUT2D eigenvalue weighted by Crippen LogP contribution is -2.14. The highest BCUT2D eigenvalue weighted by atomic mass is 32.2. The van der Waals surface area contributed by atoms with Crippen LogP contribution < -0.4 is 5.56 Å².